The fourth-order valence-corrected chi connectivity index (χ4v) is 0.511. The Kier molecular flexibility index (Phi) is 1.81. The molecule has 0 bridgehead atoms. The number of hydrogen-bond donors (Lipinski definition) is 0. The smallest absolute Gasteiger partial charge is 0.361 e. The molecule has 0 saturated heterocycles. The molecule has 0 saturated carbocycles. The minimum absolute atomic E-state index is 2.47. The Morgan fingerprint density at radius 3 is 1.50 bits per heavy atom. The summed E-state index contributed by atoms with van der Waals surface area (Å²) in [7, 11) is 0. The second kappa shape index (κ2) is 2.43. The third-order valence-corrected chi connectivity index (χ3v) is 1.08. The van der Waals surface area contributed by atoms with Crippen LogP contribution < -0.4 is 0 Å². The predicted octanol–water partition coefficient (Wildman–Crippen LogP) is 2.87. The van der Waals surface area contributed by atoms with E-state index in [4.69, 9.17) is 0 Å². The number of rotatable bonds is 0. The van der Waals surface area contributed by atoms with E-state index in [9.17, 15) is 26.3 Å². The molecule has 1 aliphatic heterocycles. The van der Waals surface area contributed by atoms with Crippen LogP contribution in [0.4, 0.5) is 26.3 Å². The lowest BCUT2D eigenvalue weighted by Gasteiger charge is -2.16. The summed E-state index contributed by atoms with van der Waals surface area (Å²) in [6.07, 6.45) is 0. The van der Waals surface area contributed by atoms with Crippen molar-refractivity contribution in [2.45, 2.75) is 5.92 Å². The quantitative estimate of drug-likeness (QED) is 0.533. The lowest BCUT2D eigenvalue weighted by Crippen LogP contribution is -2.24. The summed E-state index contributed by atoms with van der Waals surface area (Å²) in [5, 5.41) is 0. The molecular weight excluding hydrogens is 190 g/mol. The molecular formula is C5F6O. The highest BCUT2D eigenvalue weighted by atomic mass is 19.3. The molecule has 1 heterocycles. The van der Waals surface area contributed by atoms with Crippen molar-refractivity contribution in [2.75, 3.05) is 0 Å². The van der Waals surface area contributed by atoms with Crippen LogP contribution in [-0.4, -0.2) is 5.92 Å². The van der Waals surface area contributed by atoms with E-state index in [-0.39, 0.29) is 0 Å². The summed E-state index contributed by atoms with van der Waals surface area (Å²) in [6.45, 7) is 0. The van der Waals surface area contributed by atoms with Gasteiger partial charge in [-0.15, -0.1) is 0 Å². The van der Waals surface area contributed by atoms with Crippen LogP contribution in [0.15, 0.2) is 23.7 Å². The Morgan fingerprint density at radius 2 is 1.17 bits per heavy atom. The zero-order valence-electron chi connectivity index (χ0n) is 5.18. The third kappa shape index (κ3) is 1.05. The average molecular weight is 190 g/mol. The van der Waals surface area contributed by atoms with Crippen molar-refractivity contribution in [3.8, 4) is 0 Å². The molecule has 0 aromatic carbocycles. The average Bonchev–Trinajstić information content (AvgIpc) is 1.99. The van der Waals surface area contributed by atoms with E-state index >= 15 is 0 Å². The van der Waals surface area contributed by atoms with E-state index in [0.717, 1.165) is 0 Å². The zero-order valence-corrected chi connectivity index (χ0v) is 5.18. The van der Waals surface area contributed by atoms with Gasteiger partial charge in [0.1, 0.15) is 0 Å². The summed E-state index contributed by atoms with van der Waals surface area (Å²) >= 11 is 0. The minimum Gasteiger partial charge on any atom is -0.400 e. The predicted molar refractivity (Wildman–Crippen MR) is 24.5 cm³/mol. The Bertz CT molecular complexity index is 252. The van der Waals surface area contributed by atoms with Gasteiger partial charge in [0, 0.05) is 0 Å². The first-order valence-corrected chi connectivity index (χ1v) is 2.54. The molecule has 1 rings (SSSR count). The molecule has 0 fully saturated rings. The molecule has 0 aliphatic carbocycles. The highest BCUT2D eigenvalue weighted by Gasteiger charge is 2.51. The van der Waals surface area contributed by atoms with Crippen LogP contribution in [-0.2, 0) is 4.74 Å². The van der Waals surface area contributed by atoms with Gasteiger partial charge in [-0.1, -0.05) is 0 Å². The van der Waals surface area contributed by atoms with Crippen LogP contribution in [0.5, 0.6) is 0 Å². The molecule has 0 aromatic heterocycles. The number of ether oxygens (including phenoxy) is 1. The number of alkyl halides is 2. The summed E-state index contributed by atoms with van der Waals surface area (Å²) in [5.74, 6) is -10.5. The SMILES string of the molecule is FC1=C(F)C(F)(F)C(F)=C(F)O1. The standard InChI is InChI=1S/C5F6O/c6-1-3(8)12-4(9)2(7)5(1,10)11. The minimum atomic E-state index is -4.91. The second-order valence-corrected chi connectivity index (χ2v) is 1.85. The number of halogens is 6. The summed E-state index contributed by atoms with van der Waals surface area (Å²) in [4.78, 5) is 0. The summed E-state index contributed by atoms with van der Waals surface area (Å²) < 4.78 is 74.8. The van der Waals surface area contributed by atoms with Gasteiger partial charge in [-0.2, -0.15) is 26.3 Å². The summed E-state index contributed by atoms with van der Waals surface area (Å²) in [6, 6.07) is -4.95. The van der Waals surface area contributed by atoms with E-state index in [1.165, 1.54) is 0 Å². The van der Waals surface area contributed by atoms with Crippen LogP contribution in [0, 0.1) is 0 Å². The lowest BCUT2D eigenvalue weighted by molar-refractivity contribution is -0.0181. The fraction of sp³-hybridized carbons (Fsp3) is 0.200. The van der Waals surface area contributed by atoms with Gasteiger partial charge in [-0.3, -0.25) is 0 Å². The zero-order chi connectivity index (χ0) is 9.52. The van der Waals surface area contributed by atoms with Crippen molar-refractivity contribution < 1.29 is 31.1 Å². The molecule has 1 nitrogen and oxygen atoms in total. The van der Waals surface area contributed by atoms with Gasteiger partial charge in [-0.25, -0.2) is 0 Å². The Hall–Kier alpha value is -1.14. The molecule has 1 aliphatic rings. The maximum atomic E-state index is 12.1. The van der Waals surface area contributed by atoms with Crippen LogP contribution in [0.1, 0.15) is 0 Å². The monoisotopic (exact) mass is 190 g/mol. The van der Waals surface area contributed by atoms with Gasteiger partial charge in [-0.05, 0) is 0 Å². The summed E-state index contributed by atoms with van der Waals surface area (Å²) in [5.41, 5.74) is 0. The molecule has 0 atom stereocenters. The van der Waals surface area contributed by atoms with E-state index in [0.29, 0.717) is 0 Å². The molecule has 12 heavy (non-hydrogen) atoms. The highest BCUT2D eigenvalue weighted by Crippen LogP contribution is 2.42. The van der Waals surface area contributed by atoms with Crippen molar-refractivity contribution in [2.24, 2.45) is 0 Å². The van der Waals surface area contributed by atoms with Gasteiger partial charge < -0.3 is 4.74 Å². The van der Waals surface area contributed by atoms with Gasteiger partial charge >= 0.3 is 17.9 Å². The van der Waals surface area contributed by atoms with E-state index in [1.807, 2.05) is 0 Å². The van der Waals surface area contributed by atoms with Crippen molar-refractivity contribution in [1.82, 2.24) is 0 Å². The van der Waals surface area contributed by atoms with Gasteiger partial charge in [0.2, 0.25) is 11.7 Å². The normalized spacial score (nSPS) is 22.8. The molecule has 0 N–H and O–H groups in total. The van der Waals surface area contributed by atoms with Crippen LogP contribution in [0.2, 0.25) is 0 Å². The molecule has 0 amide bonds. The third-order valence-electron chi connectivity index (χ3n) is 1.08. The van der Waals surface area contributed by atoms with Gasteiger partial charge in [0.05, 0.1) is 0 Å². The first-order valence-electron chi connectivity index (χ1n) is 2.54. The fourth-order valence-electron chi connectivity index (χ4n) is 0.511. The Morgan fingerprint density at radius 1 is 0.833 bits per heavy atom. The van der Waals surface area contributed by atoms with Crippen molar-refractivity contribution in [3.63, 3.8) is 0 Å². The Balaban J connectivity index is 3.19. The van der Waals surface area contributed by atoms with Crippen molar-refractivity contribution in [3.05, 3.63) is 23.7 Å². The van der Waals surface area contributed by atoms with E-state index < -0.39 is 29.6 Å². The topological polar surface area (TPSA) is 9.23 Å². The lowest BCUT2D eigenvalue weighted by atomic mass is 10.2. The first-order chi connectivity index (χ1) is 5.37. The first kappa shape index (κ1) is 8.95. The molecule has 0 radical (unpaired) electrons. The molecule has 7 heteroatoms. The molecule has 0 unspecified atom stereocenters. The number of hydrogen-bond acceptors (Lipinski definition) is 1. The van der Waals surface area contributed by atoms with Crippen molar-refractivity contribution >= 4 is 0 Å². The molecule has 0 aromatic rings. The maximum Gasteiger partial charge on any atom is 0.361 e. The van der Waals surface area contributed by atoms with Gasteiger partial charge in [0.25, 0.3) is 0 Å². The Labute approximate surface area is 61.9 Å². The van der Waals surface area contributed by atoms with Crippen LogP contribution >= 0.6 is 0 Å². The molecule has 0 spiro atoms. The second-order valence-electron chi connectivity index (χ2n) is 1.85. The maximum absolute atomic E-state index is 12.1. The largest absolute Gasteiger partial charge is 0.400 e. The van der Waals surface area contributed by atoms with Gasteiger partial charge in [0.15, 0.2) is 0 Å². The molecule has 68 valence electrons. The van der Waals surface area contributed by atoms with Crippen LogP contribution in [0.3, 0.4) is 0 Å². The van der Waals surface area contributed by atoms with E-state index in [2.05, 4.69) is 4.74 Å². The number of allylic oxidation sites excluding steroid dienone is 2. The van der Waals surface area contributed by atoms with Crippen LogP contribution in [0.25, 0.3) is 0 Å². The van der Waals surface area contributed by atoms with Crippen molar-refractivity contribution in [1.29, 1.82) is 0 Å². The van der Waals surface area contributed by atoms with E-state index in [1.54, 1.807) is 0 Å². The highest BCUT2D eigenvalue weighted by molar-refractivity contribution is 5.25.